The van der Waals surface area contributed by atoms with Crippen LogP contribution in [0.1, 0.15) is 49.6 Å². The lowest BCUT2D eigenvalue weighted by molar-refractivity contribution is 0.232. The summed E-state index contributed by atoms with van der Waals surface area (Å²) >= 11 is 0. The molecule has 5 nitrogen and oxygen atoms in total. The number of aromatic nitrogens is 1. The molecule has 0 aliphatic heterocycles. The summed E-state index contributed by atoms with van der Waals surface area (Å²) in [6.07, 6.45) is 0.838. The van der Waals surface area contributed by atoms with Crippen LogP contribution < -0.4 is 10.2 Å². The second kappa shape index (κ2) is 7.66. The Morgan fingerprint density at radius 2 is 1.92 bits per heavy atom. The van der Waals surface area contributed by atoms with Gasteiger partial charge in [-0.15, -0.1) is 0 Å². The number of aryl methyl sites for hydroxylation is 3. The number of amidine groups is 1. The van der Waals surface area contributed by atoms with Gasteiger partial charge in [0.1, 0.15) is 5.75 Å². The van der Waals surface area contributed by atoms with Gasteiger partial charge in [0.25, 0.3) is 0 Å². The molecule has 0 radical (unpaired) electrons. The maximum absolute atomic E-state index is 9.63. The monoisotopic (exact) mass is 341 g/mol. The lowest BCUT2D eigenvalue weighted by atomic mass is 10.0. The van der Waals surface area contributed by atoms with E-state index in [9.17, 15) is 5.21 Å². The lowest BCUT2D eigenvalue weighted by Crippen LogP contribution is -2.27. The van der Waals surface area contributed by atoms with Gasteiger partial charge in [0.05, 0.1) is 11.1 Å². The molecule has 1 aromatic heterocycles. The van der Waals surface area contributed by atoms with Crippen molar-refractivity contribution in [3.63, 3.8) is 0 Å². The van der Waals surface area contributed by atoms with E-state index in [4.69, 9.17) is 4.74 Å². The van der Waals surface area contributed by atoms with Gasteiger partial charge >= 0.3 is 0 Å². The summed E-state index contributed by atoms with van der Waals surface area (Å²) < 4.78 is 6.06. The fraction of sp³-hybridized carbons (Fsp3) is 0.400. The molecule has 25 heavy (non-hydrogen) atoms. The molecule has 0 bridgehead atoms. The van der Waals surface area contributed by atoms with Gasteiger partial charge in [-0.05, 0) is 64.8 Å². The third-order valence-electron chi connectivity index (χ3n) is 4.18. The maximum atomic E-state index is 9.63. The molecule has 0 saturated carbocycles. The highest BCUT2D eigenvalue weighted by Gasteiger charge is 2.19. The molecule has 1 aromatic carbocycles. The van der Waals surface area contributed by atoms with E-state index in [1.165, 1.54) is 5.56 Å². The van der Waals surface area contributed by atoms with E-state index in [-0.39, 0.29) is 5.54 Å². The highest BCUT2D eigenvalue weighted by atomic mass is 16.5. The molecule has 2 rings (SSSR count). The number of aliphatic imine (C=N–C) groups is 1. The summed E-state index contributed by atoms with van der Waals surface area (Å²) in [6, 6.07) is 9.71. The van der Waals surface area contributed by atoms with Crippen molar-refractivity contribution >= 4 is 5.84 Å². The molecule has 0 spiro atoms. The molecule has 0 saturated heterocycles. The van der Waals surface area contributed by atoms with Gasteiger partial charge in [-0.1, -0.05) is 24.6 Å². The second-order valence-electron chi connectivity index (χ2n) is 6.91. The van der Waals surface area contributed by atoms with E-state index < -0.39 is 0 Å². The van der Waals surface area contributed by atoms with Crippen LogP contribution >= 0.6 is 0 Å². The number of hydroxylamine groups is 1. The zero-order valence-corrected chi connectivity index (χ0v) is 15.8. The Bertz CT molecular complexity index is 783. The third kappa shape index (κ3) is 4.79. The number of hydrogen-bond donors (Lipinski definition) is 2. The molecule has 0 amide bonds. The minimum absolute atomic E-state index is 0.313. The van der Waals surface area contributed by atoms with Gasteiger partial charge in [-0.25, -0.2) is 4.98 Å². The standard InChI is InChI=1S/C20H27N3O2/c1-7-20(5,6)22-18(23-24)16-10-9-15(4)21-19(16)25-17-11-8-13(2)12-14(17)3/h8-12,24H,7H2,1-6H3,(H,22,23). The molecular formula is C20H27N3O2. The fourth-order valence-corrected chi connectivity index (χ4v) is 2.34. The predicted molar refractivity (Wildman–Crippen MR) is 101 cm³/mol. The largest absolute Gasteiger partial charge is 0.438 e. The van der Waals surface area contributed by atoms with Crippen LogP contribution in [0.25, 0.3) is 0 Å². The van der Waals surface area contributed by atoms with Gasteiger partial charge < -0.3 is 4.74 Å². The van der Waals surface area contributed by atoms with Gasteiger partial charge in [0, 0.05) is 5.69 Å². The summed E-state index contributed by atoms with van der Waals surface area (Å²) in [4.78, 5) is 9.12. The smallest absolute Gasteiger partial charge is 0.230 e. The van der Waals surface area contributed by atoms with Gasteiger partial charge in [0.15, 0.2) is 5.84 Å². The number of nitrogens with zero attached hydrogens (tertiary/aromatic N) is 2. The molecule has 0 fully saturated rings. The highest BCUT2D eigenvalue weighted by Crippen LogP contribution is 2.28. The Kier molecular flexibility index (Phi) is 5.80. The number of benzene rings is 1. The van der Waals surface area contributed by atoms with Gasteiger partial charge in [-0.3, -0.25) is 15.7 Å². The Labute approximate surface area is 149 Å². The lowest BCUT2D eigenvalue weighted by Gasteiger charge is -2.20. The molecule has 2 aromatic rings. The molecule has 134 valence electrons. The number of pyridine rings is 1. The number of nitrogens with one attached hydrogen (secondary N) is 1. The van der Waals surface area contributed by atoms with E-state index in [2.05, 4.69) is 28.4 Å². The van der Waals surface area contributed by atoms with Crippen LogP contribution in [0.15, 0.2) is 35.3 Å². The molecule has 0 unspecified atom stereocenters. The molecule has 5 heteroatoms. The van der Waals surface area contributed by atoms with E-state index in [1.807, 2.05) is 58.9 Å². The zero-order chi connectivity index (χ0) is 18.6. The van der Waals surface area contributed by atoms with Crippen molar-refractivity contribution < 1.29 is 9.94 Å². The van der Waals surface area contributed by atoms with Crippen LogP contribution in [0, 0.1) is 20.8 Å². The SMILES string of the molecule is CCC(C)(C)N=C(NO)c1ccc(C)nc1Oc1ccc(C)cc1C. The van der Waals surface area contributed by atoms with Gasteiger partial charge in [-0.2, -0.15) is 0 Å². The first kappa shape index (κ1) is 18.9. The summed E-state index contributed by atoms with van der Waals surface area (Å²) in [5.41, 5.74) is 5.54. The Morgan fingerprint density at radius 3 is 2.52 bits per heavy atom. The summed E-state index contributed by atoms with van der Waals surface area (Å²) in [5.74, 6) is 1.50. The molecule has 0 atom stereocenters. The quantitative estimate of drug-likeness (QED) is 0.469. The van der Waals surface area contributed by atoms with Crippen molar-refractivity contribution in [2.24, 2.45) is 4.99 Å². The van der Waals surface area contributed by atoms with E-state index in [1.54, 1.807) is 0 Å². The minimum Gasteiger partial charge on any atom is -0.438 e. The van der Waals surface area contributed by atoms with Crippen LogP contribution in [0.2, 0.25) is 0 Å². The van der Waals surface area contributed by atoms with Crippen LogP contribution in [0.4, 0.5) is 0 Å². The minimum atomic E-state index is -0.313. The Hall–Kier alpha value is -2.40. The fourth-order valence-electron chi connectivity index (χ4n) is 2.34. The number of ether oxygens (including phenoxy) is 1. The van der Waals surface area contributed by atoms with Crippen LogP contribution in [0.3, 0.4) is 0 Å². The predicted octanol–water partition coefficient (Wildman–Crippen LogP) is 4.71. The molecule has 1 heterocycles. The Balaban J connectivity index is 2.50. The first-order valence-electron chi connectivity index (χ1n) is 8.49. The highest BCUT2D eigenvalue weighted by molar-refractivity contribution is 6.00. The van der Waals surface area contributed by atoms with Crippen LogP contribution in [-0.2, 0) is 0 Å². The topological polar surface area (TPSA) is 66.7 Å². The summed E-state index contributed by atoms with van der Waals surface area (Å²) in [6.45, 7) is 12.0. The molecule has 2 N–H and O–H groups in total. The van der Waals surface area contributed by atoms with Crippen molar-refractivity contribution in [1.29, 1.82) is 0 Å². The normalized spacial score (nSPS) is 12.2. The first-order chi connectivity index (χ1) is 11.8. The molecule has 0 aliphatic rings. The van der Waals surface area contributed by atoms with E-state index in [0.717, 1.165) is 23.4 Å². The average Bonchev–Trinajstić information content (AvgIpc) is 2.56. The average molecular weight is 341 g/mol. The van der Waals surface area contributed by atoms with Crippen molar-refractivity contribution in [2.75, 3.05) is 0 Å². The number of rotatable bonds is 5. The van der Waals surface area contributed by atoms with Gasteiger partial charge in [0.2, 0.25) is 5.88 Å². The van der Waals surface area contributed by atoms with E-state index >= 15 is 0 Å². The summed E-state index contributed by atoms with van der Waals surface area (Å²) in [5, 5.41) is 9.63. The van der Waals surface area contributed by atoms with Crippen molar-refractivity contribution in [1.82, 2.24) is 10.5 Å². The number of hydrogen-bond acceptors (Lipinski definition) is 4. The van der Waals surface area contributed by atoms with Crippen molar-refractivity contribution in [2.45, 2.75) is 53.5 Å². The van der Waals surface area contributed by atoms with Crippen molar-refractivity contribution in [3.05, 3.63) is 52.7 Å². The molecule has 0 aliphatic carbocycles. The third-order valence-corrected chi connectivity index (χ3v) is 4.18. The summed E-state index contributed by atoms with van der Waals surface area (Å²) in [7, 11) is 0. The first-order valence-corrected chi connectivity index (χ1v) is 8.49. The Morgan fingerprint density at radius 1 is 1.20 bits per heavy atom. The molecular weight excluding hydrogens is 314 g/mol. The second-order valence-corrected chi connectivity index (χ2v) is 6.91. The zero-order valence-electron chi connectivity index (χ0n) is 15.8. The van der Waals surface area contributed by atoms with E-state index in [0.29, 0.717) is 17.3 Å². The van der Waals surface area contributed by atoms with Crippen LogP contribution in [0.5, 0.6) is 11.6 Å². The maximum Gasteiger partial charge on any atom is 0.230 e. The van der Waals surface area contributed by atoms with Crippen molar-refractivity contribution in [3.8, 4) is 11.6 Å². The van der Waals surface area contributed by atoms with Crippen LogP contribution in [-0.4, -0.2) is 21.6 Å².